The van der Waals surface area contributed by atoms with Gasteiger partial charge in [-0.1, -0.05) is 12.1 Å². The monoisotopic (exact) mass is 204 g/mol. The van der Waals surface area contributed by atoms with Gasteiger partial charge in [-0.05, 0) is 11.6 Å². The second-order valence-corrected chi connectivity index (χ2v) is 2.59. The summed E-state index contributed by atoms with van der Waals surface area (Å²) in [6, 6.07) is 4.32. The van der Waals surface area contributed by atoms with Crippen molar-refractivity contribution < 1.29 is 23.7 Å². The van der Waals surface area contributed by atoms with Crippen molar-refractivity contribution in [1.29, 1.82) is 0 Å². The van der Waals surface area contributed by atoms with E-state index < -0.39 is 13.2 Å². The first-order chi connectivity index (χ1) is 6.69. The SMILES string of the molecule is OCc1cccc(OC(F)F)c1CO. The lowest BCUT2D eigenvalue weighted by Crippen LogP contribution is -2.06. The van der Waals surface area contributed by atoms with E-state index in [-0.39, 0.29) is 17.9 Å². The van der Waals surface area contributed by atoms with Gasteiger partial charge in [-0.3, -0.25) is 0 Å². The molecule has 0 radical (unpaired) electrons. The molecule has 14 heavy (non-hydrogen) atoms. The number of aliphatic hydroxyl groups is 2. The van der Waals surface area contributed by atoms with Crippen LogP contribution >= 0.6 is 0 Å². The Hall–Kier alpha value is -1.20. The Balaban J connectivity index is 3.02. The molecule has 0 aliphatic carbocycles. The van der Waals surface area contributed by atoms with Gasteiger partial charge in [0.2, 0.25) is 0 Å². The average Bonchev–Trinajstić information content (AvgIpc) is 2.16. The fourth-order valence-corrected chi connectivity index (χ4v) is 1.15. The van der Waals surface area contributed by atoms with Crippen LogP contribution in [0.2, 0.25) is 0 Å². The topological polar surface area (TPSA) is 49.7 Å². The Kier molecular flexibility index (Phi) is 3.79. The zero-order chi connectivity index (χ0) is 10.6. The first-order valence-corrected chi connectivity index (χ1v) is 3.96. The molecule has 0 aliphatic heterocycles. The molecule has 1 aromatic carbocycles. The van der Waals surface area contributed by atoms with Crippen molar-refractivity contribution in [3.8, 4) is 5.75 Å². The lowest BCUT2D eigenvalue weighted by Gasteiger charge is -2.11. The van der Waals surface area contributed by atoms with Gasteiger partial charge in [0, 0.05) is 5.56 Å². The minimum absolute atomic E-state index is 0.103. The largest absolute Gasteiger partial charge is 0.434 e. The van der Waals surface area contributed by atoms with Crippen LogP contribution in [0.5, 0.6) is 5.75 Å². The molecule has 0 saturated heterocycles. The van der Waals surface area contributed by atoms with Gasteiger partial charge >= 0.3 is 6.61 Å². The third kappa shape index (κ3) is 2.40. The Labute approximate surface area is 79.6 Å². The molecule has 0 amide bonds. The molecular formula is C9H10F2O3. The highest BCUT2D eigenvalue weighted by atomic mass is 19.3. The van der Waals surface area contributed by atoms with Crippen molar-refractivity contribution in [3.63, 3.8) is 0 Å². The van der Waals surface area contributed by atoms with Gasteiger partial charge < -0.3 is 14.9 Å². The minimum atomic E-state index is -2.94. The van der Waals surface area contributed by atoms with Crippen LogP contribution < -0.4 is 4.74 Å². The summed E-state index contributed by atoms with van der Waals surface area (Å²) in [5.74, 6) is -0.103. The van der Waals surface area contributed by atoms with Crippen LogP contribution in [0.1, 0.15) is 11.1 Å². The molecule has 0 heterocycles. The maximum absolute atomic E-state index is 11.9. The van der Waals surface area contributed by atoms with E-state index >= 15 is 0 Å². The number of alkyl halides is 2. The van der Waals surface area contributed by atoms with E-state index in [4.69, 9.17) is 10.2 Å². The van der Waals surface area contributed by atoms with Gasteiger partial charge in [-0.15, -0.1) is 0 Å². The van der Waals surface area contributed by atoms with E-state index in [2.05, 4.69) is 4.74 Å². The summed E-state index contributed by atoms with van der Waals surface area (Å²) in [7, 11) is 0. The zero-order valence-electron chi connectivity index (χ0n) is 7.28. The molecule has 0 aliphatic rings. The number of hydrogen-bond acceptors (Lipinski definition) is 3. The standard InChI is InChI=1S/C9H10F2O3/c10-9(11)14-8-3-1-2-6(4-12)7(8)5-13/h1-3,9,12-13H,4-5H2. The number of hydrogen-bond donors (Lipinski definition) is 2. The lowest BCUT2D eigenvalue weighted by molar-refractivity contribution is -0.0510. The molecule has 5 heteroatoms. The lowest BCUT2D eigenvalue weighted by atomic mass is 10.1. The van der Waals surface area contributed by atoms with Gasteiger partial charge in [0.25, 0.3) is 0 Å². The molecule has 0 unspecified atom stereocenters. The molecule has 0 saturated carbocycles. The second kappa shape index (κ2) is 4.88. The Bertz CT molecular complexity index is 302. The van der Waals surface area contributed by atoms with Crippen molar-refractivity contribution in [1.82, 2.24) is 0 Å². The van der Waals surface area contributed by atoms with Crippen LogP contribution in [0.4, 0.5) is 8.78 Å². The number of rotatable bonds is 4. The van der Waals surface area contributed by atoms with E-state index in [0.717, 1.165) is 0 Å². The molecule has 0 fully saturated rings. The number of aliphatic hydroxyl groups excluding tert-OH is 2. The minimum Gasteiger partial charge on any atom is -0.434 e. The van der Waals surface area contributed by atoms with E-state index in [1.165, 1.54) is 18.2 Å². The van der Waals surface area contributed by atoms with Crippen LogP contribution in [0.3, 0.4) is 0 Å². The fourth-order valence-electron chi connectivity index (χ4n) is 1.15. The van der Waals surface area contributed by atoms with Crippen molar-refractivity contribution in [2.24, 2.45) is 0 Å². The number of halogens is 2. The summed E-state index contributed by atoms with van der Waals surface area (Å²) in [5.41, 5.74) is 0.570. The van der Waals surface area contributed by atoms with Crippen LogP contribution in [0.25, 0.3) is 0 Å². The predicted molar refractivity (Wildman–Crippen MR) is 44.9 cm³/mol. The van der Waals surface area contributed by atoms with Crippen molar-refractivity contribution in [2.45, 2.75) is 19.8 Å². The molecule has 78 valence electrons. The highest BCUT2D eigenvalue weighted by Gasteiger charge is 2.11. The summed E-state index contributed by atoms with van der Waals surface area (Å²) < 4.78 is 28.0. The molecule has 0 bridgehead atoms. The average molecular weight is 204 g/mol. The van der Waals surface area contributed by atoms with E-state index in [9.17, 15) is 8.78 Å². The summed E-state index contributed by atoms with van der Waals surface area (Å²) in [6.45, 7) is -3.70. The van der Waals surface area contributed by atoms with Crippen LogP contribution in [0, 0.1) is 0 Å². The van der Waals surface area contributed by atoms with Gasteiger partial charge in [-0.25, -0.2) is 0 Å². The van der Waals surface area contributed by atoms with E-state index in [0.29, 0.717) is 5.56 Å². The Morgan fingerprint density at radius 2 is 1.93 bits per heavy atom. The quantitative estimate of drug-likeness (QED) is 0.776. The maximum atomic E-state index is 11.9. The fraction of sp³-hybridized carbons (Fsp3) is 0.333. The molecule has 0 aromatic heterocycles. The molecule has 2 N–H and O–H groups in total. The summed E-state index contributed by atoms with van der Waals surface area (Å²) >= 11 is 0. The zero-order valence-corrected chi connectivity index (χ0v) is 7.28. The van der Waals surface area contributed by atoms with Gasteiger partial charge in [0.05, 0.1) is 13.2 Å². The van der Waals surface area contributed by atoms with Crippen LogP contribution in [0.15, 0.2) is 18.2 Å². The molecule has 0 atom stereocenters. The smallest absolute Gasteiger partial charge is 0.387 e. The molecular weight excluding hydrogens is 194 g/mol. The first kappa shape index (κ1) is 10.9. The van der Waals surface area contributed by atoms with Gasteiger partial charge in [0.1, 0.15) is 5.75 Å². The van der Waals surface area contributed by atoms with Crippen LogP contribution in [-0.2, 0) is 13.2 Å². The van der Waals surface area contributed by atoms with Crippen molar-refractivity contribution >= 4 is 0 Å². The third-order valence-electron chi connectivity index (χ3n) is 1.77. The molecule has 1 aromatic rings. The molecule has 0 spiro atoms. The summed E-state index contributed by atoms with van der Waals surface area (Å²) in [4.78, 5) is 0. The van der Waals surface area contributed by atoms with E-state index in [1.54, 1.807) is 0 Å². The van der Waals surface area contributed by atoms with Crippen molar-refractivity contribution in [2.75, 3.05) is 0 Å². The second-order valence-electron chi connectivity index (χ2n) is 2.59. The van der Waals surface area contributed by atoms with Gasteiger partial charge in [-0.2, -0.15) is 8.78 Å². The molecule has 1 rings (SSSR count). The first-order valence-electron chi connectivity index (χ1n) is 3.96. The predicted octanol–water partition coefficient (Wildman–Crippen LogP) is 1.27. The van der Waals surface area contributed by atoms with Crippen LogP contribution in [-0.4, -0.2) is 16.8 Å². The summed E-state index contributed by atoms with van der Waals surface area (Å²) in [6.07, 6.45) is 0. The maximum Gasteiger partial charge on any atom is 0.387 e. The molecule has 3 nitrogen and oxygen atoms in total. The van der Waals surface area contributed by atoms with Crippen molar-refractivity contribution in [3.05, 3.63) is 29.3 Å². The Morgan fingerprint density at radius 3 is 2.43 bits per heavy atom. The normalized spacial score (nSPS) is 10.6. The number of benzene rings is 1. The van der Waals surface area contributed by atoms with E-state index in [1.807, 2.05) is 0 Å². The van der Waals surface area contributed by atoms with Gasteiger partial charge in [0.15, 0.2) is 0 Å². The highest BCUT2D eigenvalue weighted by Crippen LogP contribution is 2.24. The summed E-state index contributed by atoms with van der Waals surface area (Å²) in [5, 5.41) is 17.8. The highest BCUT2D eigenvalue weighted by molar-refractivity contribution is 5.39. The number of ether oxygens (including phenoxy) is 1. The Morgan fingerprint density at radius 1 is 1.21 bits per heavy atom. The third-order valence-corrected chi connectivity index (χ3v) is 1.77.